The highest BCUT2D eigenvalue weighted by molar-refractivity contribution is 7.47. The van der Waals surface area contributed by atoms with Gasteiger partial charge in [-0.1, -0.05) is 321 Å². The molecular formula is C75H146N2O7P+. The first kappa shape index (κ1) is 83.2. The lowest BCUT2D eigenvalue weighted by molar-refractivity contribution is -0.870. The van der Waals surface area contributed by atoms with Gasteiger partial charge >= 0.3 is 13.8 Å². The van der Waals surface area contributed by atoms with E-state index >= 15 is 0 Å². The van der Waals surface area contributed by atoms with Crippen molar-refractivity contribution in [2.24, 2.45) is 0 Å². The van der Waals surface area contributed by atoms with E-state index in [1.807, 2.05) is 27.2 Å². The Bertz CT molecular complexity index is 1550. The predicted octanol–water partition coefficient (Wildman–Crippen LogP) is 23.8. The fourth-order valence-corrected chi connectivity index (χ4v) is 12.0. The number of phosphoric acid groups is 1. The molecule has 502 valence electrons. The van der Waals surface area contributed by atoms with Crippen LogP contribution in [0.1, 0.15) is 380 Å². The maximum Gasteiger partial charge on any atom is 0.472 e. The van der Waals surface area contributed by atoms with Gasteiger partial charge in [-0.3, -0.25) is 18.6 Å². The van der Waals surface area contributed by atoms with Crippen molar-refractivity contribution in [2.45, 2.75) is 392 Å². The molecule has 0 aliphatic rings. The van der Waals surface area contributed by atoms with Gasteiger partial charge in [0.1, 0.15) is 19.3 Å². The number of hydrogen-bond donors (Lipinski definition) is 2. The molecule has 1 amide bonds. The quantitative estimate of drug-likeness (QED) is 0.0205. The third-order valence-electron chi connectivity index (χ3n) is 17.1. The zero-order valence-corrected chi connectivity index (χ0v) is 58.5. The molecule has 0 aliphatic carbocycles. The molecule has 0 rings (SSSR count). The Labute approximate surface area is 529 Å². The zero-order chi connectivity index (χ0) is 62.1. The topological polar surface area (TPSA) is 111 Å². The summed E-state index contributed by atoms with van der Waals surface area (Å²) in [5.74, 6) is -0.486. The van der Waals surface area contributed by atoms with E-state index < -0.39 is 20.0 Å². The molecule has 2 N–H and O–H groups in total. The van der Waals surface area contributed by atoms with Crippen molar-refractivity contribution in [1.29, 1.82) is 0 Å². The van der Waals surface area contributed by atoms with Crippen LogP contribution in [0, 0.1) is 0 Å². The van der Waals surface area contributed by atoms with Crippen molar-refractivity contribution in [3.8, 4) is 0 Å². The monoisotopic (exact) mass is 1220 g/mol. The van der Waals surface area contributed by atoms with Gasteiger partial charge in [0.25, 0.3) is 0 Å². The minimum absolute atomic E-state index is 0.0429. The summed E-state index contributed by atoms with van der Waals surface area (Å²) >= 11 is 0. The number of likely N-dealkylation sites (N-methyl/N-ethyl adjacent to an activating group) is 1. The summed E-state index contributed by atoms with van der Waals surface area (Å²) < 4.78 is 30.9. The first-order valence-electron chi connectivity index (χ1n) is 37.3. The number of nitrogens with zero attached hydrogens (tertiary/aromatic N) is 1. The van der Waals surface area contributed by atoms with Gasteiger partial charge in [-0.2, -0.15) is 0 Å². The molecule has 3 unspecified atom stereocenters. The van der Waals surface area contributed by atoms with Crippen LogP contribution in [0.5, 0.6) is 0 Å². The van der Waals surface area contributed by atoms with E-state index in [1.54, 1.807) is 0 Å². The molecule has 0 saturated carbocycles. The SMILES string of the molecule is CCCCCCCC/C=C/CCCCCCCCCCCCCCCCCCCC(=O)NC(COP(=O)(O)OCC[N+](C)(C)C)C(/C=C\CCCCCCCCCCCCC)OC(=O)CCCCCCCCCCC/C=C/CCCCCCCC. The predicted molar refractivity (Wildman–Crippen MR) is 369 cm³/mol. The standard InChI is InChI=1S/C75H145N2O7P/c1-7-10-13-16-19-22-25-28-30-32-34-35-36-37-38-39-40-41-43-44-46-49-52-55-58-61-64-67-74(78)76-72(71-83-85(80,81)82-70-69-77(4,5)6)73(66-63-60-57-54-51-48-27-24-21-18-15-12-9-3)84-75(79)68-65-62-59-56-53-50-47-45-42-33-31-29-26-23-20-17-14-11-8-2/h28-31,63,66,72-73H,7-27,32-62,64-65,67-71H2,1-6H3,(H-,76,78,80,81)/p+1/b30-28+,31-29+,66-63-. The molecule has 0 aliphatic heterocycles. The molecule has 10 heteroatoms. The smallest absolute Gasteiger partial charge is 0.456 e. The first-order valence-corrected chi connectivity index (χ1v) is 38.8. The van der Waals surface area contributed by atoms with Crippen LogP contribution in [0.2, 0.25) is 0 Å². The number of ether oxygens (including phenoxy) is 1. The van der Waals surface area contributed by atoms with Gasteiger partial charge in [0.15, 0.2) is 0 Å². The largest absolute Gasteiger partial charge is 0.472 e. The Morgan fingerprint density at radius 2 is 0.682 bits per heavy atom. The van der Waals surface area contributed by atoms with Crippen LogP contribution in [0.15, 0.2) is 36.5 Å². The van der Waals surface area contributed by atoms with Crippen molar-refractivity contribution >= 4 is 19.7 Å². The van der Waals surface area contributed by atoms with Gasteiger partial charge in [0.2, 0.25) is 5.91 Å². The summed E-state index contributed by atoms with van der Waals surface area (Å²) in [7, 11) is 1.51. The van der Waals surface area contributed by atoms with Crippen molar-refractivity contribution in [3.05, 3.63) is 36.5 Å². The Kier molecular flexibility index (Phi) is 63.8. The van der Waals surface area contributed by atoms with Crippen LogP contribution in [0.25, 0.3) is 0 Å². The van der Waals surface area contributed by atoms with E-state index in [0.717, 1.165) is 57.8 Å². The van der Waals surface area contributed by atoms with Gasteiger partial charge in [0.05, 0.1) is 33.8 Å². The zero-order valence-electron chi connectivity index (χ0n) is 57.6. The molecule has 0 spiro atoms. The van der Waals surface area contributed by atoms with Crippen molar-refractivity contribution in [2.75, 3.05) is 40.9 Å². The fourth-order valence-electron chi connectivity index (χ4n) is 11.3. The highest BCUT2D eigenvalue weighted by Crippen LogP contribution is 2.43. The summed E-state index contributed by atoms with van der Waals surface area (Å²) in [5, 5.41) is 3.08. The number of phosphoric ester groups is 1. The average Bonchev–Trinajstić information content (AvgIpc) is 3.53. The summed E-state index contributed by atoms with van der Waals surface area (Å²) in [5.41, 5.74) is 0. The second kappa shape index (κ2) is 65.2. The molecule has 0 radical (unpaired) electrons. The molecule has 0 aromatic rings. The fraction of sp³-hybridized carbons (Fsp3) is 0.893. The summed E-state index contributed by atoms with van der Waals surface area (Å²) in [6, 6.07) is -0.847. The Morgan fingerprint density at radius 1 is 0.400 bits per heavy atom. The molecule has 9 nitrogen and oxygen atoms in total. The van der Waals surface area contributed by atoms with Gasteiger partial charge in [-0.25, -0.2) is 4.57 Å². The van der Waals surface area contributed by atoms with Crippen LogP contribution >= 0.6 is 7.82 Å². The number of quaternary nitrogens is 1. The third kappa shape index (κ3) is 66.5. The molecule has 0 saturated heterocycles. The third-order valence-corrected chi connectivity index (χ3v) is 18.0. The van der Waals surface area contributed by atoms with Crippen LogP contribution in [0.4, 0.5) is 0 Å². The second-order valence-electron chi connectivity index (χ2n) is 26.8. The minimum Gasteiger partial charge on any atom is -0.456 e. The number of carbonyl (C=O) groups excluding carboxylic acids is 2. The van der Waals surface area contributed by atoms with Crippen LogP contribution < -0.4 is 5.32 Å². The maximum absolute atomic E-state index is 13.6. The summed E-state index contributed by atoms with van der Waals surface area (Å²) in [6.07, 6.45) is 81.6. The van der Waals surface area contributed by atoms with E-state index in [2.05, 4.69) is 56.5 Å². The van der Waals surface area contributed by atoms with E-state index in [1.165, 1.54) is 289 Å². The van der Waals surface area contributed by atoms with Gasteiger partial charge < -0.3 is 19.4 Å². The second-order valence-corrected chi connectivity index (χ2v) is 28.3. The highest BCUT2D eigenvalue weighted by Gasteiger charge is 2.30. The summed E-state index contributed by atoms with van der Waals surface area (Å²) in [6.45, 7) is 7.07. The number of nitrogens with one attached hydrogen (secondary N) is 1. The number of allylic oxidation sites excluding steroid dienone is 5. The molecule has 0 aromatic heterocycles. The van der Waals surface area contributed by atoms with E-state index in [4.69, 9.17) is 13.8 Å². The lowest BCUT2D eigenvalue weighted by Crippen LogP contribution is -2.47. The number of esters is 1. The number of unbranched alkanes of at least 4 members (excludes halogenated alkanes) is 49. The van der Waals surface area contributed by atoms with Gasteiger partial charge in [-0.15, -0.1) is 0 Å². The molecule has 0 aromatic carbocycles. The van der Waals surface area contributed by atoms with Gasteiger partial charge in [-0.05, 0) is 83.1 Å². The van der Waals surface area contributed by atoms with Crippen LogP contribution in [0.3, 0.4) is 0 Å². The Hall–Kier alpha value is -1.77. The molecular weight excluding hydrogens is 1070 g/mol. The number of rotatable bonds is 69. The lowest BCUT2D eigenvalue weighted by Gasteiger charge is -2.27. The minimum atomic E-state index is -4.45. The average molecular weight is 1220 g/mol. The Balaban J connectivity index is 4.99. The van der Waals surface area contributed by atoms with Crippen LogP contribution in [-0.4, -0.2) is 74.3 Å². The summed E-state index contributed by atoms with van der Waals surface area (Å²) in [4.78, 5) is 38.0. The van der Waals surface area contributed by atoms with Crippen LogP contribution in [-0.2, 0) is 27.9 Å². The lowest BCUT2D eigenvalue weighted by atomic mass is 10.0. The number of amides is 1. The normalized spacial score (nSPS) is 13.6. The molecule has 3 atom stereocenters. The highest BCUT2D eigenvalue weighted by atomic mass is 31.2. The Morgan fingerprint density at radius 3 is 1.00 bits per heavy atom. The van der Waals surface area contributed by atoms with E-state index in [0.29, 0.717) is 23.9 Å². The van der Waals surface area contributed by atoms with Crippen molar-refractivity contribution in [3.63, 3.8) is 0 Å². The number of carbonyl (C=O) groups is 2. The van der Waals surface area contributed by atoms with Crippen molar-refractivity contribution in [1.82, 2.24) is 5.32 Å². The number of hydrogen-bond acceptors (Lipinski definition) is 6. The maximum atomic E-state index is 13.6. The van der Waals surface area contributed by atoms with E-state index in [-0.39, 0.29) is 25.1 Å². The molecule has 0 bridgehead atoms. The van der Waals surface area contributed by atoms with Gasteiger partial charge in [0, 0.05) is 12.8 Å². The first-order chi connectivity index (χ1) is 41.4. The molecule has 0 fully saturated rings. The molecule has 85 heavy (non-hydrogen) atoms. The molecule has 0 heterocycles. The van der Waals surface area contributed by atoms with Crippen molar-refractivity contribution < 1.29 is 37.3 Å². The van der Waals surface area contributed by atoms with E-state index in [9.17, 15) is 19.0 Å².